The summed E-state index contributed by atoms with van der Waals surface area (Å²) in [4.78, 5) is 37.9. The Balaban J connectivity index is 1.27. The molecule has 0 spiro atoms. The van der Waals surface area contributed by atoms with Gasteiger partial charge >= 0.3 is 5.97 Å². The van der Waals surface area contributed by atoms with E-state index >= 15 is 0 Å². The van der Waals surface area contributed by atoms with E-state index in [0.717, 1.165) is 16.7 Å². The molecule has 0 fully saturated rings. The van der Waals surface area contributed by atoms with E-state index in [1.54, 1.807) is 42.5 Å². The molecule has 0 aliphatic carbocycles. The van der Waals surface area contributed by atoms with Gasteiger partial charge in [0.25, 0.3) is 11.5 Å². The van der Waals surface area contributed by atoms with Crippen LogP contribution in [-0.2, 0) is 0 Å². The molecule has 0 radical (unpaired) electrons. The number of hydrogen-bond acceptors (Lipinski definition) is 6. The van der Waals surface area contributed by atoms with Crippen molar-refractivity contribution in [3.8, 4) is 39.6 Å². The summed E-state index contributed by atoms with van der Waals surface area (Å²) in [7, 11) is 0. The van der Waals surface area contributed by atoms with E-state index in [2.05, 4.69) is 5.32 Å². The summed E-state index contributed by atoms with van der Waals surface area (Å²) in [6.07, 6.45) is 0. The molecule has 49 heavy (non-hydrogen) atoms. The van der Waals surface area contributed by atoms with Gasteiger partial charge in [0, 0.05) is 33.5 Å². The van der Waals surface area contributed by atoms with Gasteiger partial charge in [-0.3, -0.25) is 9.59 Å². The van der Waals surface area contributed by atoms with Crippen LogP contribution in [0, 0.1) is 0 Å². The van der Waals surface area contributed by atoms with Crippen molar-refractivity contribution in [3.05, 3.63) is 167 Å². The van der Waals surface area contributed by atoms with Crippen LogP contribution in [0.4, 0.5) is 11.4 Å². The van der Waals surface area contributed by atoms with Crippen molar-refractivity contribution in [2.24, 2.45) is 0 Å². The van der Waals surface area contributed by atoms with Crippen LogP contribution in [0.3, 0.4) is 0 Å². The first kappa shape index (κ1) is 30.6. The lowest BCUT2D eigenvalue weighted by Crippen LogP contribution is -2.22. The van der Waals surface area contributed by atoms with E-state index in [0.29, 0.717) is 45.0 Å². The molecule has 0 atom stereocenters. The molecule has 238 valence electrons. The number of rotatable bonds is 8. The maximum atomic E-state index is 13.8. The minimum Gasteiger partial charge on any atom is -0.478 e. The molecule has 0 aliphatic heterocycles. The number of hydrogen-bond donors (Lipinski definition) is 3. The molecule has 0 saturated heterocycles. The lowest BCUT2D eigenvalue weighted by atomic mass is 9.98. The second kappa shape index (κ2) is 13.0. The maximum Gasteiger partial charge on any atom is 0.335 e. The number of carboxylic acids is 1. The molecule has 9 nitrogen and oxygen atoms in total. The number of amides is 1. The number of nitrogens with zero attached hydrogens (tertiary/aromatic N) is 2. The molecular formula is C40H28N4O5. The van der Waals surface area contributed by atoms with Crippen LogP contribution in [0.15, 0.2) is 150 Å². The third kappa shape index (κ3) is 6.36. The summed E-state index contributed by atoms with van der Waals surface area (Å²) in [5.41, 5.74) is 10.6. The van der Waals surface area contributed by atoms with Gasteiger partial charge in [0.2, 0.25) is 0 Å². The summed E-state index contributed by atoms with van der Waals surface area (Å²) in [6.45, 7) is 0. The SMILES string of the molecule is Nc1ccc(Oc2ccc(-c3nn(-c4ccc(NC(=O)c5cccc(C(=O)O)c5)cc4)c(=O)c4ccccc34)cc2-c2ccccc2)cc1. The maximum absolute atomic E-state index is 13.8. The zero-order valence-electron chi connectivity index (χ0n) is 25.9. The van der Waals surface area contributed by atoms with E-state index in [-0.39, 0.29) is 16.7 Å². The monoisotopic (exact) mass is 644 g/mol. The van der Waals surface area contributed by atoms with E-state index in [1.165, 1.54) is 28.9 Å². The normalized spacial score (nSPS) is 10.9. The van der Waals surface area contributed by atoms with Crippen LogP contribution >= 0.6 is 0 Å². The molecule has 1 amide bonds. The minimum atomic E-state index is -1.12. The van der Waals surface area contributed by atoms with Gasteiger partial charge in [-0.25, -0.2) is 4.79 Å². The molecule has 9 heteroatoms. The number of fused-ring (bicyclic) bond motifs is 1. The molecule has 0 unspecified atom stereocenters. The van der Waals surface area contributed by atoms with Crippen LogP contribution in [-0.4, -0.2) is 26.8 Å². The highest BCUT2D eigenvalue weighted by atomic mass is 16.5. The fourth-order valence-corrected chi connectivity index (χ4v) is 5.53. The Morgan fingerprint density at radius 2 is 1.39 bits per heavy atom. The van der Waals surface area contributed by atoms with Crippen molar-refractivity contribution in [1.29, 1.82) is 0 Å². The topological polar surface area (TPSA) is 137 Å². The predicted octanol–water partition coefficient (Wildman–Crippen LogP) is 8.04. The summed E-state index contributed by atoms with van der Waals surface area (Å²) >= 11 is 0. The summed E-state index contributed by atoms with van der Waals surface area (Å²) in [5, 5.41) is 18.1. The first-order chi connectivity index (χ1) is 23.8. The largest absolute Gasteiger partial charge is 0.478 e. The van der Waals surface area contributed by atoms with E-state index in [9.17, 15) is 19.5 Å². The van der Waals surface area contributed by atoms with Crippen LogP contribution < -0.4 is 21.3 Å². The Bertz CT molecular complexity index is 2400. The van der Waals surface area contributed by atoms with E-state index in [1.807, 2.05) is 78.9 Å². The molecule has 4 N–H and O–H groups in total. The highest BCUT2D eigenvalue weighted by Gasteiger charge is 2.17. The van der Waals surface area contributed by atoms with Gasteiger partial charge in [-0.2, -0.15) is 9.78 Å². The van der Waals surface area contributed by atoms with Crippen molar-refractivity contribution in [1.82, 2.24) is 9.78 Å². The summed E-state index contributed by atoms with van der Waals surface area (Å²) < 4.78 is 7.65. The second-order valence-electron chi connectivity index (χ2n) is 11.2. The Hall–Kier alpha value is -7.00. The van der Waals surface area contributed by atoms with Crippen molar-refractivity contribution >= 4 is 34.0 Å². The number of carboxylic acid groups (broad SMARTS) is 1. The average molecular weight is 645 g/mol. The molecule has 0 saturated carbocycles. The van der Waals surface area contributed by atoms with E-state index < -0.39 is 11.9 Å². The van der Waals surface area contributed by atoms with Crippen LogP contribution in [0.25, 0.3) is 38.8 Å². The second-order valence-corrected chi connectivity index (χ2v) is 11.2. The first-order valence-electron chi connectivity index (χ1n) is 15.3. The summed E-state index contributed by atoms with van der Waals surface area (Å²) in [5.74, 6) is -0.294. The Kier molecular flexibility index (Phi) is 8.14. The highest BCUT2D eigenvalue weighted by molar-refractivity contribution is 6.05. The quantitative estimate of drug-likeness (QED) is 0.142. The Labute approximate surface area is 280 Å². The molecule has 7 rings (SSSR count). The van der Waals surface area contributed by atoms with Gasteiger partial charge in [0.1, 0.15) is 11.5 Å². The standard InChI is InChI=1S/C40H28N4O5/c41-29-14-20-32(21-15-29)49-36-22-13-26(24-35(36)25-7-2-1-3-8-25)37-33-11-4-5-12-34(33)39(46)44(43-37)31-18-16-30(17-19-31)42-38(45)27-9-6-10-28(23-27)40(47)48/h1-24H,41H2,(H,42,45)(H,47,48). The van der Waals surface area contributed by atoms with Gasteiger partial charge in [0.15, 0.2) is 0 Å². The molecule has 0 aliphatic rings. The predicted molar refractivity (Wildman–Crippen MR) is 190 cm³/mol. The van der Waals surface area contributed by atoms with Crippen molar-refractivity contribution in [2.45, 2.75) is 0 Å². The summed E-state index contributed by atoms with van der Waals surface area (Å²) in [6, 6.07) is 42.7. The lowest BCUT2D eigenvalue weighted by Gasteiger charge is -2.16. The Morgan fingerprint density at radius 3 is 2.12 bits per heavy atom. The third-order valence-electron chi connectivity index (χ3n) is 7.99. The van der Waals surface area contributed by atoms with Crippen molar-refractivity contribution < 1.29 is 19.4 Å². The van der Waals surface area contributed by atoms with Crippen LogP contribution in [0.5, 0.6) is 11.5 Å². The van der Waals surface area contributed by atoms with Gasteiger partial charge in [0.05, 0.1) is 22.3 Å². The number of carbonyl (C=O) groups is 2. The van der Waals surface area contributed by atoms with Gasteiger partial charge in [-0.15, -0.1) is 0 Å². The minimum absolute atomic E-state index is 0.0143. The molecular weight excluding hydrogens is 616 g/mol. The first-order valence-corrected chi connectivity index (χ1v) is 15.3. The van der Waals surface area contributed by atoms with Crippen molar-refractivity contribution in [3.63, 3.8) is 0 Å². The molecule has 0 bridgehead atoms. The molecule has 1 heterocycles. The van der Waals surface area contributed by atoms with Crippen molar-refractivity contribution in [2.75, 3.05) is 11.1 Å². The number of aromatic nitrogens is 2. The highest BCUT2D eigenvalue weighted by Crippen LogP contribution is 2.38. The smallest absolute Gasteiger partial charge is 0.335 e. The van der Waals surface area contributed by atoms with Gasteiger partial charge in [-0.1, -0.05) is 54.6 Å². The number of nitrogen functional groups attached to an aromatic ring is 1. The fraction of sp³-hybridized carbons (Fsp3) is 0. The van der Waals surface area contributed by atoms with Gasteiger partial charge in [-0.05, 0) is 96.6 Å². The number of nitrogens with two attached hydrogens (primary N) is 1. The fourth-order valence-electron chi connectivity index (χ4n) is 5.53. The molecule has 1 aromatic heterocycles. The number of benzene rings is 6. The van der Waals surface area contributed by atoms with E-state index in [4.69, 9.17) is 15.6 Å². The number of nitrogens with one attached hydrogen (secondary N) is 1. The zero-order chi connectivity index (χ0) is 33.9. The third-order valence-corrected chi connectivity index (χ3v) is 7.99. The van der Waals surface area contributed by atoms with Crippen LogP contribution in [0.2, 0.25) is 0 Å². The lowest BCUT2D eigenvalue weighted by molar-refractivity contribution is 0.0697. The number of anilines is 2. The number of ether oxygens (including phenoxy) is 1. The average Bonchev–Trinajstić information content (AvgIpc) is 3.14. The number of carbonyl (C=O) groups excluding carboxylic acids is 1. The van der Waals surface area contributed by atoms with Gasteiger partial charge < -0.3 is 20.9 Å². The number of aromatic carboxylic acids is 1. The Morgan fingerprint density at radius 1 is 0.694 bits per heavy atom. The van der Waals surface area contributed by atoms with Crippen LogP contribution in [0.1, 0.15) is 20.7 Å². The zero-order valence-corrected chi connectivity index (χ0v) is 25.9. The molecule has 6 aromatic carbocycles. The molecule has 7 aromatic rings.